The number of nitro benzene ring substituents is 1. The molecule has 32 heavy (non-hydrogen) atoms. The van der Waals surface area contributed by atoms with E-state index in [0.29, 0.717) is 15.0 Å². The number of methoxy groups -OCH3 is 1. The lowest BCUT2D eigenvalue weighted by Gasteiger charge is -2.24. The summed E-state index contributed by atoms with van der Waals surface area (Å²) in [5.74, 6) is -0.698. The van der Waals surface area contributed by atoms with Crippen molar-refractivity contribution in [1.29, 1.82) is 0 Å². The summed E-state index contributed by atoms with van der Waals surface area (Å²) in [7, 11) is 1.22. The summed E-state index contributed by atoms with van der Waals surface area (Å²) in [5.41, 5.74) is 0.860. The Balaban J connectivity index is 2.02. The Bertz CT molecular complexity index is 1450. The monoisotopic (exact) mass is 513 g/mol. The molecule has 0 aliphatic carbocycles. The second kappa shape index (κ2) is 8.64. The SMILES string of the molecule is COC(=O)C1=C(C)N=c2sc(=Cc3ccc(Br)cc3)c(=O)n2C1c1ccccc1[N+](=O)[O-]. The van der Waals surface area contributed by atoms with Gasteiger partial charge in [0.05, 0.1) is 33.4 Å². The Morgan fingerprint density at radius 1 is 1.25 bits per heavy atom. The van der Waals surface area contributed by atoms with Crippen LogP contribution in [0.4, 0.5) is 5.69 Å². The highest BCUT2D eigenvalue weighted by Crippen LogP contribution is 2.35. The Hall–Kier alpha value is -3.37. The maximum atomic E-state index is 13.4. The topological polar surface area (TPSA) is 104 Å². The van der Waals surface area contributed by atoms with Gasteiger partial charge in [-0.15, -0.1) is 0 Å². The molecule has 4 rings (SSSR count). The number of carbonyl (C=O) groups is 1. The van der Waals surface area contributed by atoms with E-state index in [9.17, 15) is 19.7 Å². The molecule has 2 heterocycles. The zero-order valence-electron chi connectivity index (χ0n) is 16.9. The molecule has 0 amide bonds. The average Bonchev–Trinajstić information content (AvgIpc) is 3.08. The van der Waals surface area contributed by atoms with Gasteiger partial charge in [0.1, 0.15) is 6.04 Å². The summed E-state index contributed by atoms with van der Waals surface area (Å²) >= 11 is 4.54. The molecule has 162 valence electrons. The Morgan fingerprint density at radius 2 is 1.94 bits per heavy atom. The van der Waals surface area contributed by atoms with Crippen LogP contribution in [0.1, 0.15) is 24.1 Å². The highest BCUT2D eigenvalue weighted by atomic mass is 79.9. The van der Waals surface area contributed by atoms with E-state index in [0.717, 1.165) is 21.4 Å². The summed E-state index contributed by atoms with van der Waals surface area (Å²) in [6, 6.07) is 12.4. The molecule has 0 bridgehead atoms. The van der Waals surface area contributed by atoms with Crippen molar-refractivity contribution in [2.24, 2.45) is 4.99 Å². The fourth-order valence-electron chi connectivity index (χ4n) is 3.58. The van der Waals surface area contributed by atoms with E-state index < -0.39 is 22.5 Å². The molecule has 8 nitrogen and oxygen atoms in total. The number of benzene rings is 2. The molecule has 2 aromatic carbocycles. The van der Waals surface area contributed by atoms with Crippen LogP contribution in [-0.4, -0.2) is 22.6 Å². The number of carbonyl (C=O) groups excluding carboxylic acids is 1. The molecule has 3 aromatic rings. The number of fused-ring (bicyclic) bond motifs is 1. The van der Waals surface area contributed by atoms with Gasteiger partial charge in [-0.3, -0.25) is 19.5 Å². The molecule has 0 radical (unpaired) electrons. The summed E-state index contributed by atoms with van der Waals surface area (Å²) < 4.78 is 7.57. The predicted molar refractivity (Wildman–Crippen MR) is 123 cm³/mol. The number of hydrogen-bond acceptors (Lipinski definition) is 7. The van der Waals surface area contributed by atoms with E-state index in [1.165, 1.54) is 29.9 Å². The van der Waals surface area contributed by atoms with E-state index in [4.69, 9.17) is 4.74 Å². The third-order valence-corrected chi connectivity index (χ3v) is 6.53. The van der Waals surface area contributed by atoms with Crippen LogP contribution in [0.3, 0.4) is 0 Å². The Kier molecular flexibility index (Phi) is 5.90. The highest BCUT2D eigenvalue weighted by Gasteiger charge is 2.36. The van der Waals surface area contributed by atoms with Crippen molar-refractivity contribution in [3.8, 4) is 0 Å². The molecule has 0 fully saturated rings. The first-order valence-corrected chi connectivity index (χ1v) is 11.0. The lowest BCUT2D eigenvalue weighted by molar-refractivity contribution is -0.385. The number of thiazole rings is 1. The molecular formula is C22H16BrN3O5S. The molecule has 1 unspecified atom stereocenters. The zero-order chi connectivity index (χ0) is 23.0. The number of para-hydroxylation sites is 1. The molecule has 0 saturated carbocycles. The van der Waals surface area contributed by atoms with Crippen LogP contribution in [0, 0.1) is 10.1 Å². The van der Waals surface area contributed by atoms with Crippen LogP contribution in [-0.2, 0) is 9.53 Å². The van der Waals surface area contributed by atoms with Gasteiger partial charge in [-0.1, -0.05) is 51.5 Å². The van der Waals surface area contributed by atoms with E-state index in [2.05, 4.69) is 20.9 Å². The normalized spacial score (nSPS) is 15.8. The van der Waals surface area contributed by atoms with Gasteiger partial charge in [0.2, 0.25) is 0 Å². The van der Waals surface area contributed by atoms with Gasteiger partial charge in [0, 0.05) is 10.5 Å². The van der Waals surface area contributed by atoms with Crippen molar-refractivity contribution >= 4 is 45.0 Å². The highest BCUT2D eigenvalue weighted by molar-refractivity contribution is 9.10. The number of rotatable bonds is 4. The minimum absolute atomic E-state index is 0.0874. The summed E-state index contributed by atoms with van der Waals surface area (Å²) in [6.45, 7) is 1.62. The molecule has 0 saturated heterocycles. The molecule has 1 aromatic heterocycles. The molecule has 1 aliphatic heterocycles. The van der Waals surface area contributed by atoms with Crippen LogP contribution in [0.15, 0.2) is 74.1 Å². The number of ether oxygens (including phenoxy) is 1. The van der Waals surface area contributed by atoms with Gasteiger partial charge < -0.3 is 4.74 Å². The second-order valence-corrected chi connectivity index (χ2v) is 8.87. The van der Waals surface area contributed by atoms with Crippen molar-refractivity contribution in [3.05, 3.63) is 105 Å². The van der Waals surface area contributed by atoms with E-state index >= 15 is 0 Å². The maximum Gasteiger partial charge on any atom is 0.338 e. The van der Waals surface area contributed by atoms with Crippen LogP contribution in [0.25, 0.3) is 6.08 Å². The molecular weight excluding hydrogens is 498 g/mol. The number of nitro groups is 1. The van der Waals surface area contributed by atoms with Gasteiger partial charge in [-0.25, -0.2) is 9.79 Å². The lowest BCUT2D eigenvalue weighted by Crippen LogP contribution is -2.40. The van der Waals surface area contributed by atoms with Crippen molar-refractivity contribution in [1.82, 2.24) is 4.57 Å². The van der Waals surface area contributed by atoms with Crippen LogP contribution in [0.2, 0.25) is 0 Å². The van der Waals surface area contributed by atoms with Gasteiger partial charge in [0.25, 0.3) is 11.2 Å². The number of allylic oxidation sites excluding steroid dienone is 1. The minimum Gasteiger partial charge on any atom is -0.466 e. The first kappa shape index (κ1) is 21.8. The molecule has 1 aliphatic rings. The molecule has 10 heteroatoms. The lowest BCUT2D eigenvalue weighted by atomic mass is 9.94. The standard InChI is InChI=1S/C22H16BrN3O5S/c1-12-18(21(28)31-2)19(15-5-3-4-6-16(15)26(29)30)25-20(27)17(32-22(25)24-12)11-13-7-9-14(23)10-8-13/h3-11,19H,1-2H3. The second-order valence-electron chi connectivity index (χ2n) is 6.94. The van der Waals surface area contributed by atoms with Crippen LogP contribution >= 0.6 is 27.3 Å². The third-order valence-electron chi connectivity index (χ3n) is 5.02. The predicted octanol–water partition coefficient (Wildman–Crippen LogP) is 3.08. The van der Waals surface area contributed by atoms with Crippen molar-refractivity contribution in [2.45, 2.75) is 13.0 Å². The number of esters is 1. The summed E-state index contributed by atoms with van der Waals surface area (Å²) in [5, 5.41) is 11.7. The van der Waals surface area contributed by atoms with Crippen molar-refractivity contribution < 1.29 is 14.5 Å². The maximum absolute atomic E-state index is 13.4. The minimum atomic E-state index is -1.03. The molecule has 0 spiro atoms. The van der Waals surface area contributed by atoms with Gasteiger partial charge in [0.15, 0.2) is 4.80 Å². The fraction of sp³-hybridized carbons (Fsp3) is 0.136. The van der Waals surface area contributed by atoms with Crippen molar-refractivity contribution in [3.63, 3.8) is 0 Å². The quantitative estimate of drug-likeness (QED) is 0.303. The largest absolute Gasteiger partial charge is 0.466 e. The third kappa shape index (κ3) is 3.82. The average molecular weight is 514 g/mol. The first-order valence-electron chi connectivity index (χ1n) is 9.41. The van der Waals surface area contributed by atoms with Gasteiger partial charge in [-0.2, -0.15) is 0 Å². The molecule has 1 atom stereocenters. The number of halogens is 1. The zero-order valence-corrected chi connectivity index (χ0v) is 19.3. The Morgan fingerprint density at radius 3 is 2.59 bits per heavy atom. The number of nitrogens with zero attached hydrogens (tertiary/aromatic N) is 3. The van der Waals surface area contributed by atoms with Gasteiger partial charge in [-0.05, 0) is 36.8 Å². The van der Waals surface area contributed by atoms with Gasteiger partial charge >= 0.3 is 5.97 Å². The first-order chi connectivity index (χ1) is 15.3. The summed E-state index contributed by atoms with van der Waals surface area (Å²) in [6.07, 6.45) is 1.73. The Labute approximate surface area is 194 Å². The van der Waals surface area contributed by atoms with Crippen LogP contribution < -0.4 is 14.9 Å². The van der Waals surface area contributed by atoms with E-state index in [1.807, 2.05) is 24.3 Å². The van der Waals surface area contributed by atoms with E-state index in [-0.39, 0.29) is 16.8 Å². The van der Waals surface area contributed by atoms with Crippen molar-refractivity contribution in [2.75, 3.05) is 7.11 Å². The van der Waals surface area contributed by atoms with Crippen LogP contribution in [0.5, 0.6) is 0 Å². The number of hydrogen-bond donors (Lipinski definition) is 0. The smallest absolute Gasteiger partial charge is 0.338 e. The summed E-state index contributed by atoms with van der Waals surface area (Å²) in [4.78, 5) is 42.1. The van der Waals surface area contributed by atoms with E-state index in [1.54, 1.807) is 19.1 Å². The fourth-order valence-corrected chi connectivity index (χ4v) is 4.89. The molecule has 0 N–H and O–H groups in total. The number of aromatic nitrogens is 1.